The van der Waals surface area contributed by atoms with Crippen molar-refractivity contribution < 1.29 is 13.2 Å². The second-order valence-corrected chi connectivity index (χ2v) is 9.40. The zero-order valence-electron chi connectivity index (χ0n) is 15.9. The van der Waals surface area contributed by atoms with Crippen LogP contribution in [-0.4, -0.2) is 30.1 Å². The second-order valence-electron chi connectivity index (χ2n) is 6.77. The predicted octanol–water partition coefficient (Wildman–Crippen LogP) is 3.58. The Morgan fingerprint density at radius 3 is 2.31 bits per heavy atom. The number of anilines is 1. The number of halogens is 1. The van der Waals surface area contributed by atoms with Gasteiger partial charge in [0, 0.05) is 16.7 Å². The number of hydrogen-bond acceptors (Lipinski definition) is 4. The minimum atomic E-state index is -3.85. The van der Waals surface area contributed by atoms with Crippen LogP contribution in [0.1, 0.15) is 13.8 Å². The lowest BCUT2D eigenvalue weighted by atomic mass is 10.1. The first kappa shape index (κ1) is 21.2. The quantitative estimate of drug-likeness (QED) is 0.544. The summed E-state index contributed by atoms with van der Waals surface area (Å²) < 4.78 is 30.3. The lowest BCUT2D eigenvalue weighted by molar-refractivity contribution is -0.118. The summed E-state index contributed by atoms with van der Waals surface area (Å²) in [6.07, 6.45) is 1.72. The molecule has 1 atom stereocenters. The number of benzene rings is 2. The summed E-state index contributed by atoms with van der Waals surface area (Å²) in [4.78, 5) is 12.9. The molecule has 0 aliphatic rings. The van der Waals surface area contributed by atoms with Crippen molar-refractivity contribution in [3.63, 3.8) is 0 Å². The fraction of sp³-hybridized carbons (Fsp3) is 0.200. The topological polar surface area (TPSA) is 93.1 Å². The van der Waals surface area contributed by atoms with E-state index in [9.17, 15) is 13.2 Å². The van der Waals surface area contributed by atoms with Crippen LogP contribution in [0.2, 0.25) is 0 Å². The van der Waals surface area contributed by atoms with Gasteiger partial charge in [0.15, 0.2) is 5.82 Å². The third-order valence-corrected chi connectivity index (χ3v) is 6.20. The summed E-state index contributed by atoms with van der Waals surface area (Å²) in [5, 5.41) is 7.02. The molecular weight excluding hydrogens is 456 g/mol. The number of hydrogen-bond donors (Lipinski definition) is 2. The van der Waals surface area contributed by atoms with Crippen molar-refractivity contribution in [1.82, 2.24) is 14.5 Å². The molecule has 152 valence electrons. The van der Waals surface area contributed by atoms with Crippen LogP contribution in [0, 0.1) is 5.92 Å². The molecule has 3 aromatic rings. The van der Waals surface area contributed by atoms with E-state index in [-0.39, 0.29) is 10.8 Å². The Labute approximate surface area is 178 Å². The molecule has 0 aliphatic heterocycles. The van der Waals surface area contributed by atoms with Gasteiger partial charge in [-0.25, -0.2) is 13.1 Å². The lowest BCUT2D eigenvalue weighted by Crippen LogP contribution is -2.47. The Kier molecular flexibility index (Phi) is 6.51. The summed E-state index contributed by atoms with van der Waals surface area (Å²) in [5.41, 5.74) is 0.851. The van der Waals surface area contributed by atoms with Gasteiger partial charge in [-0.15, -0.1) is 0 Å². The molecule has 0 unspecified atom stereocenters. The summed E-state index contributed by atoms with van der Waals surface area (Å²) in [7, 11) is -3.85. The Morgan fingerprint density at radius 2 is 1.69 bits per heavy atom. The molecule has 9 heteroatoms. The van der Waals surface area contributed by atoms with E-state index in [1.165, 1.54) is 12.1 Å². The van der Waals surface area contributed by atoms with Crippen LogP contribution < -0.4 is 10.0 Å². The van der Waals surface area contributed by atoms with Gasteiger partial charge >= 0.3 is 0 Å². The number of aromatic nitrogens is 2. The largest absolute Gasteiger partial charge is 0.308 e. The minimum Gasteiger partial charge on any atom is -0.308 e. The first-order valence-corrected chi connectivity index (χ1v) is 11.2. The number of amides is 1. The van der Waals surface area contributed by atoms with Gasteiger partial charge in [0.2, 0.25) is 15.9 Å². The molecular formula is C20H21BrN4O3S. The third-order valence-electron chi connectivity index (χ3n) is 4.22. The van der Waals surface area contributed by atoms with Gasteiger partial charge in [0.05, 0.1) is 10.6 Å². The Morgan fingerprint density at radius 1 is 1.03 bits per heavy atom. The molecule has 1 aromatic heterocycles. The van der Waals surface area contributed by atoms with Crippen LogP contribution in [-0.2, 0) is 14.8 Å². The molecule has 2 N–H and O–H groups in total. The molecule has 0 radical (unpaired) electrons. The fourth-order valence-electron chi connectivity index (χ4n) is 2.66. The van der Waals surface area contributed by atoms with Crippen LogP contribution in [0.3, 0.4) is 0 Å². The van der Waals surface area contributed by atoms with Gasteiger partial charge in [-0.1, -0.05) is 48.0 Å². The maximum absolute atomic E-state index is 12.8. The number of nitrogens with one attached hydrogen (secondary N) is 2. The van der Waals surface area contributed by atoms with Gasteiger partial charge in [0.25, 0.3) is 0 Å². The standard InChI is InChI=1S/C20H21BrN4O3S/c1-14(2)19(24-29(27,28)17-10-8-15(21)9-11-17)20(26)22-18-12-13-25(23-18)16-6-4-3-5-7-16/h3-14,19,24H,1-2H3,(H,22,23,26)/t19-/m0/s1. The lowest BCUT2D eigenvalue weighted by Gasteiger charge is -2.21. The van der Waals surface area contributed by atoms with Crippen LogP contribution in [0.4, 0.5) is 5.82 Å². The monoisotopic (exact) mass is 476 g/mol. The number of nitrogens with zero attached hydrogens (tertiary/aromatic N) is 2. The predicted molar refractivity (Wildman–Crippen MR) is 115 cm³/mol. The molecule has 1 amide bonds. The fourth-order valence-corrected chi connectivity index (χ4v) is 4.27. The van der Waals surface area contributed by atoms with Crippen molar-refractivity contribution in [1.29, 1.82) is 0 Å². The molecule has 0 saturated heterocycles. The number of para-hydroxylation sites is 1. The van der Waals surface area contributed by atoms with E-state index in [0.29, 0.717) is 5.82 Å². The molecule has 0 saturated carbocycles. The van der Waals surface area contributed by atoms with E-state index < -0.39 is 22.0 Å². The molecule has 2 aromatic carbocycles. The number of sulfonamides is 1. The van der Waals surface area contributed by atoms with Crippen LogP contribution >= 0.6 is 15.9 Å². The SMILES string of the molecule is CC(C)[C@H](NS(=O)(=O)c1ccc(Br)cc1)C(=O)Nc1ccn(-c2ccccc2)n1. The summed E-state index contributed by atoms with van der Waals surface area (Å²) >= 11 is 3.28. The summed E-state index contributed by atoms with van der Waals surface area (Å²) in [5.74, 6) is -0.400. The highest BCUT2D eigenvalue weighted by Crippen LogP contribution is 2.17. The highest BCUT2D eigenvalue weighted by molar-refractivity contribution is 9.10. The first-order valence-electron chi connectivity index (χ1n) is 8.96. The number of carbonyl (C=O) groups excluding carboxylic acids is 1. The van der Waals surface area contributed by atoms with E-state index in [2.05, 4.69) is 31.1 Å². The van der Waals surface area contributed by atoms with Gasteiger partial charge in [-0.3, -0.25) is 4.79 Å². The second kappa shape index (κ2) is 8.89. The zero-order chi connectivity index (χ0) is 21.0. The normalized spacial score (nSPS) is 12.7. The first-order chi connectivity index (χ1) is 13.8. The molecule has 0 fully saturated rings. The Balaban J connectivity index is 1.75. The highest BCUT2D eigenvalue weighted by atomic mass is 79.9. The van der Waals surface area contributed by atoms with Crippen molar-refractivity contribution >= 4 is 37.7 Å². The molecule has 29 heavy (non-hydrogen) atoms. The highest BCUT2D eigenvalue weighted by Gasteiger charge is 2.28. The minimum absolute atomic E-state index is 0.0903. The molecule has 7 nitrogen and oxygen atoms in total. The van der Waals surface area contributed by atoms with Gasteiger partial charge < -0.3 is 5.32 Å². The molecule has 1 heterocycles. The average molecular weight is 477 g/mol. The molecule has 0 bridgehead atoms. The van der Waals surface area contributed by atoms with E-state index in [4.69, 9.17) is 0 Å². The van der Waals surface area contributed by atoms with Gasteiger partial charge in [-0.2, -0.15) is 9.82 Å². The van der Waals surface area contributed by atoms with Gasteiger partial charge in [-0.05, 0) is 42.3 Å². The number of carbonyl (C=O) groups is 1. The van der Waals surface area contributed by atoms with Crippen LogP contribution in [0.15, 0.2) is 76.2 Å². The van der Waals surface area contributed by atoms with E-state index in [1.807, 2.05) is 30.3 Å². The third kappa shape index (κ3) is 5.31. The van der Waals surface area contributed by atoms with Gasteiger partial charge in [0.1, 0.15) is 6.04 Å². The van der Waals surface area contributed by atoms with Crippen molar-refractivity contribution in [2.75, 3.05) is 5.32 Å². The van der Waals surface area contributed by atoms with Crippen molar-refractivity contribution in [3.8, 4) is 5.69 Å². The Bertz CT molecular complexity index is 1080. The molecule has 3 rings (SSSR count). The van der Waals surface area contributed by atoms with E-state index in [1.54, 1.807) is 42.9 Å². The maximum Gasteiger partial charge on any atom is 0.244 e. The molecule has 0 aliphatic carbocycles. The molecule has 0 spiro atoms. The summed E-state index contributed by atoms with van der Waals surface area (Å²) in [6.45, 7) is 3.55. The zero-order valence-corrected chi connectivity index (χ0v) is 18.3. The maximum atomic E-state index is 12.8. The smallest absolute Gasteiger partial charge is 0.244 e. The van der Waals surface area contributed by atoms with E-state index >= 15 is 0 Å². The summed E-state index contributed by atoms with van der Waals surface area (Å²) in [6, 6.07) is 16.4. The Hall–Kier alpha value is -2.49. The van der Waals surface area contributed by atoms with E-state index in [0.717, 1.165) is 10.2 Å². The van der Waals surface area contributed by atoms with Crippen molar-refractivity contribution in [2.24, 2.45) is 5.92 Å². The average Bonchev–Trinajstić information content (AvgIpc) is 3.15. The van der Waals surface area contributed by atoms with Crippen molar-refractivity contribution in [3.05, 3.63) is 71.3 Å². The number of rotatable bonds is 7. The van der Waals surface area contributed by atoms with Crippen LogP contribution in [0.5, 0.6) is 0 Å². The van der Waals surface area contributed by atoms with Crippen LogP contribution in [0.25, 0.3) is 5.69 Å². The van der Waals surface area contributed by atoms with Crippen molar-refractivity contribution in [2.45, 2.75) is 24.8 Å².